The van der Waals surface area contributed by atoms with E-state index in [1.807, 2.05) is 31.2 Å². The SMILES string of the molecule is COc1ccc2c(c1OC)C(=O)N(c1ncn(Cc3cccc(C)c3)n1)C2=O. The first-order valence-electron chi connectivity index (χ1n) is 8.62. The molecule has 28 heavy (non-hydrogen) atoms. The molecule has 0 saturated heterocycles. The smallest absolute Gasteiger partial charge is 0.272 e. The van der Waals surface area contributed by atoms with Crippen LogP contribution in [0.4, 0.5) is 5.95 Å². The molecule has 0 N–H and O–H groups in total. The maximum atomic E-state index is 12.9. The van der Waals surface area contributed by atoms with E-state index in [4.69, 9.17) is 9.47 Å². The summed E-state index contributed by atoms with van der Waals surface area (Å²) in [5, 5.41) is 4.32. The Morgan fingerprint density at radius 2 is 1.86 bits per heavy atom. The molecule has 3 aromatic rings. The summed E-state index contributed by atoms with van der Waals surface area (Å²) in [6.07, 6.45) is 1.50. The number of fused-ring (bicyclic) bond motifs is 1. The van der Waals surface area contributed by atoms with Crippen LogP contribution in [0.2, 0.25) is 0 Å². The van der Waals surface area contributed by atoms with Crippen molar-refractivity contribution in [2.45, 2.75) is 13.5 Å². The van der Waals surface area contributed by atoms with Crippen molar-refractivity contribution in [1.29, 1.82) is 0 Å². The average molecular weight is 378 g/mol. The molecule has 0 bridgehead atoms. The number of benzene rings is 2. The third-order valence-electron chi connectivity index (χ3n) is 4.55. The van der Waals surface area contributed by atoms with Gasteiger partial charge < -0.3 is 9.47 Å². The van der Waals surface area contributed by atoms with Crippen molar-refractivity contribution >= 4 is 17.8 Å². The van der Waals surface area contributed by atoms with E-state index in [0.29, 0.717) is 12.3 Å². The normalized spacial score (nSPS) is 13.0. The van der Waals surface area contributed by atoms with Gasteiger partial charge in [0.1, 0.15) is 6.33 Å². The molecule has 0 saturated carbocycles. The minimum absolute atomic E-state index is 0.0277. The van der Waals surface area contributed by atoms with Crippen molar-refractivity contribution in [3.05, 3.63) is 65.0 Å². The molecular weight excluding hydrogens is 360 g/mol. The number of carbonyl (C=O) groups is 2. The van der Waals surface area contributed by atoms with Crippen LogP contribution in [-0.4, -0.2) is 40.8 Å². The molecule has 1 aliphatic heterocycles. The Bertz CT molecular complexity index is 1090. The maximum Gasteiger partial charge on any atom is 0.272 e. The minimum atomic E-state index is -0.538. The summed E-state index contributed by atoms with van der Waals surface area (Å²) in [6, 6.07) is 11.1. The second kappa shape index (κ2) is 6.80. The zero-order valence-electron chi connectivity index (χ0n) is 15.7. The Hall–Kier alpha value is -3.68. The van der Waals surface area contributed by atoms with Gasteiger partial charge in [0.25, 0.3) is 17.8 Å². The number of hydrogen-bond donors (Lipinski definition) is 0. The number of imide groups is 1. The number of rotatable bonds is 5. The van der Waals surface area contributed by atoms with Gasteiger partial charge in [0, 0.05) is 0 Å². The molecule has 8 nitrogen and oxygen atoms in total. The van der Waals surface area contributed by atoms with E-state index < -0.39 is 11.8 Å². The zero-order valence-corrected chi connectivity index (χ0v) is 15.7. The molecule has 0 radical (unpaired) electrons. The summed E-state index contributed by atoms with van der Waals surface area (Å²) >= 11 is 0. The van der Waals surface area contributed by atoms with Crippen LogP contribution >= 0.6 is 0 Å². The van der Waals surface area contributed by atoms with E-state index in [2.05, 4.69) is 10.1 Å². The molecule has 0 fully saturated rings. The maximum absolute atomic E-state index is 12.9. The number of nitrogens with zero attached hydrogens (tertiary/aromatic N) is 4. The Labute approximate surface area is 161 Å². The standard InChI is InChI=1S/C20H18N4O4/c1-12-5-4-6-13(9-12)10-23-11-21-20(22-23)24-18(25)14-7-8-15(27-2)17(28-3)16(14)19(24)26/h4-9,11H,10H2,1-3H3. The lowest BCUT2D eigenvalue weighted by Gasteiger charge is -2.10. The molecule has 0 aliphatic carbocycles. The number of aromatic nitrogens is 3. The van der Waals surface area contributed by atoms with Crippen molar-refractivity contribution in [1.82, 2.24) is 14.8 Å². The van der Waals surface area contributed by atoms with Crippen LogP contribution in [0.15, 0.2) is 42.7 Å². The van der Waals surface area contributed by atoms with Gasteiger partial charge in [0.2, 0.25) is 0 Å². The van der Waals surface area contributed by atoms with E-state index in [1.54, 1.807) is 16.8 Å². The quantitative estimate of drug-likeness (QED) is 0.634. The van der Waals surface area contributed by atoms with E-state index >= 15 is 0 Å². The van der Waals surface area contributed by atoms with Crippen molar-refractivity contribution in [3.8, 4) is 11.5 Å². The van der Waals surface area contributed by atoms with Gasteiger partial charge in [-0.2, -0.15) is 4.98 Å². The lowest BCUT2D eigenvalue weighted by atomic mass is 10.1. The van der Waals surface area contributed by atoms with Crippen LogP contribution in [-0.2, 0) is 6.54 Å². The second-order valence-electron chi connectivity index (χ2n) is 6.40. The third-order valence-corrected chi connectivity index (χ3v) is 4.55. The summed E-state index contributed by atoms with van der Waals surface area (Å²) in [4.78, 5) is 30.9. The third kappa shape index (κ3) is 2.79. The van der Waals surface area contributed by atoms with Gasteiger partial charge in [0.05, 0.1) is 31.9 Å². The van der Waals surface area contributed by atoms with E-state index in [9.17, 15) is 9.59 Å². The number of hydrogen-bond acceptors (Lipinski definition) is 6. The number of ether oxygens (including phenoxy) is 2. The van der Waals surface area contributed by atoms with Gasteiger partial charge in [-0.1, -0.05) is 29.8 Å². The van der Waals surface area contributed by atoms with Gasteiger partial charge in [-0.3, -0.25) is 9.59 Å². The summed E-state index contributed by atoms with van der Waals surface area (Å²) in [5.41, 5.74) is 2.57. The molecule has 8 heteroatoms. The van der Waals surface area contributed by atoms with Gasteiger partial charge in [0.15, 0.2) is 11.5 Å². The average Bonchev–Trinajstić information content (AvgIpc) is 3.23. The van der Waals surface area contributed by atoms with Crippen molar-refractivity contribution in [3.63, 3.8) is 0 Å². The number of methoxy groups -OCH3 is 2. The molecule has 2 amide bonds. The molecule has 1 aliphatic rings. The Balaban J connectivity index is 1.66. The van der Waals surface area contributed by atoms with Crippen LogP contribution in [0.5, 0.6) is 11.5 Å². The number of carbonyl (C=O) groups excluding carboxylic acids is 2. The van der Waals surface area contributed by atoms with Crippen molar-refractivity contribution < 1.29 is 19.1 Å². The highest BCUT2D eigenvalue weighted by Crippen LogP contribution is 2.39. The lowest BCUT2D eigenvalue weighted by Crippen LogP contribution is -2.30. The first-order valence-corrected chi connectivity index (χ1v) is 8.62. The van der Waals surface area contributed by atoms with Crippen LogP contribution in [0, 0.1) is 6.92 Å². The lowest BCUT2D eigenvalue weighted by molar-refractivity contribution is 0.0923. The van der Waals surface area contributed by atoms with Crippen LogP contribution in [0.3, 0.4) is 0 Å². The van der Waals surface area contributed by atoms with Crippen molar-refractivity contribution in [2.24, 2.45) is 0 Å². The summed E-state index contributed by atoms with van der Waals surface area (Å²) in [7, 11) is 2.89. The fourth-order valence-electron chi connectivity index (χ4n) is 3.28. The number of anilines is 1. The number of amides is 2. The van der Waals surface area contributed by atoms with Gasteiger partial charge >= 0.3 is 0 Å². The molecule has 2 heterocycles. The first-order chi connectivity index (χ1) is 13.5. The Morgan fingerprint density at radius 1 is 1.04 bits per heavy atom. The van der Waals surface area contributed by atoms with E-state index in [1.165, 1.54) is 20.5 Å². The van der Waals surface area contributed by atoms with Gasteiger partial charge in [-0.15, -0.1) is 5.10 Å². The molecule has 4 rings (SSSR count). The predicted molar refractivity (Wildman–Crippen MR) is 101 cm³/mol. The fourth-order valence-corrected chi connectivity index (χ4v) is 3.28. The highest BCUT2D eigenvalue weighted by atomic mass is 16.5. The minimum Gasteiger partial charge on any atom is -0.493 e. The highest BCUT2D eigenvalue weighted by molar-refractivity contribution is 6.35. The molecule has 0 atom stereocenters. The predicted octanol–water partition coefficient (Wildman–Crippen LogP) is 2.45. The monoisotopic (exact) mass is 378 g/mol. The molecule has 0 unspecified atom stereocenters. The largest absolute Gasteiger partial charge is 0.493 e. The number of aryl methyl sites for hydroxylation is 1. The molecule has 0 spiro atoms. The summed E-state index contributed by atoms with van der Waals surface area (Å²) in [5.74, 6) is -0.402. The fraction of sp³-hybridized carbons (Fsp3) is 0.200. The highest BCUT2D eigenvalue weighted by Gasteiger charge is 2.42. The van der Waals surface area contributed by atoms with Crippen LogP contribution in [0.25, 0.3) is 0 Å². The molecule has 142 valence electrons. The van der Waals surface area contributed by atoms with E-state index in [-0.39, 0.29) is 22.8 Å². The summed E-state index contributed by atoms with van der Waals surface area (Å²) in [6.45, 7) is 2.49. The van der Waals surface area contributed by atoms with Crippen LogP contribution < -0.4 is 14.4 Å². The van der Waals surface area contributed by atoms with Gasteiger partial charge in [-0.25, -0.2) is 9.58 Å². The van der Waals surface area contributed by atoms with Crippen molar-refractivity contribution in [2.75, 3.05) is 19.1 Å². The molecule has 1 aromatic heterocycles. The Kier molecular flexibility index (Phi) is 4.31. The van der Waals surface area contributed by atoms with Gasteiger partial charge in [-0.05, 0) is 24.6 Å². The first kappa shape index (κ1) is 17.7. The molecular formula is C20H18N4O4. The van der Waals surface area contributed by atoms with Crippen LogP contribution in [0.1, 0.15) is 31.8 Å². The summed E-state index contributed by atoms with van der Waals surface area (Å²) < 4.78 is 12.1. The van der Waals surface area contributed by atoms with E-state index in [0.717, 1.165) is 16.0 Å². The zero-order chi connectivity index (χ0) is 19.8. The molecule has 2 aromatic carbocycles. The topological polar surface area (TPSA) is 86.6 Å². The second-order valence-corrected chi connectivity index (χ2v) is 6.40. The Morgan fingerprint density at radius 3 is 2.57 bits per heavy atom.